The minimum absolute atomic E-state index is 0.0296. The number of nitrogens with two attached hydrogens (primary N) is 1. The molecule has 96 valence electrons. The molecule has 0 aromatic carbocycles. The second-order valence-corrected chi connectivity index (χ2v) is 6.19. The molecule has 1 aromatic heterocycles. The third-order valence-electron chi connectivity index (χ3n) is 2.74. The molecule has 1 aromatic rings. The van der Waals surface area contributed by atoms with E-state index >= 15 is 0 Å². The molecule has 6 nitrogen and oxygen atoms in total. The number of aromatic nitrogens is 2. The maximum Gasteiger partial charge on any atom is 0.255 e. The highest BCUT2D eigenvalue weighted by atomic mass is 32.2. The average molecular weight is 258 g/mol. The Morgan fingerprint density at radius 1 is 1.59 bits per heavy atom. The molecule has 2 rings (SSSR count). The maximum atomic E-state index is 11.6. The summed E-state index contributed by atoms with van der Waals surface area (Å²) in [5.41, 5.74) is 0.646. The molecular weight excluding hydrogens is 240 g/mol. The lowest BCUT2D eigenvalue weighted by molar-refractivity contribution is 0.475. The Morgan fingerprint density at radius 3 is 2.71 bits per heavy atom. The molecule has 1 fully saturated rings. The minimum atomic E-state index is -3.73. The molecule has 1 heterocycles. The molecule has 0 unspecified atom stereocenters. The first-order valence-corrected chi connectivity index (χ1v) is 7.27. The van der Waals surface area contributed by atoms with Crippen molar-refractivity contribution in [2.24, 2.45) is 5.14 Å². The van der Waals surface area contributed by atoms with Crippen LogP contribution in [0.15, 0.2) is 11.2 Å². The molecule has 0 amide bonds. The third kappa shape index (κ3) is 2.85. The highest BCUT2D eigenvalue weighted by Gasteiger charge is 2.25. The highest BCUT2D eigenvalue weighted by Crippen LogP contribution is 2.22. The van der Waals surface area contributed by atoms with Gasteiger partial charge in [-0.3, -0.25) is 4.68 Å². The highest BCUT2D eigenvalue weighted by molar-refractivity contribution is 7.89. The number of hydrogen-bond donors (Lipinski definition) is 2. The van der Waals surface area contributed by atoms with Crippen LogP contribution in [0.25, 0.3) is 0 Å². The van der Waals surface area contributed by atoms with Gasteiger partial charge < -0.3 is 5.32 Å². The van der Waals surface area contributed by atoms with Crippen molar-refractivity contribution in [3.05, 3.63) is 11.8 Å². The van der Waals surface area contributed by atoms with Gasteiger partial charge in [-0.2, -0.15) is 5.10 Å². The Kier molecular flexibility index (Phi) is 3.24. The summed E-state index contributed by atoms with van der Waals surface area (Å²) in [7, 11) is -3.73. The molecule has 0 atom stereocenters. The lowest BCUT2D eigenvalue weighted by Gasteiger charge is -2.10. The molecular formula is C10H18N4O2S. The van der Waals surface area contributed by atoms with Gasteiger partial charge in [0, 0.05) is 24.2 Å². The molecule has 0 saturated heterocycles. The largest absolute Gasteiger partial charge is 0.310 e. The molecule has 0 radical (unpaired) electrons. The normalized spacial score (nSPS) is 16.7. The number of nitrogens with zero attached hydrogens (tertiary/aromatic N) is 2. The van der Waals surface area contributed by atoms with Gasteiger partial charge in [-0.1, -0.05) is 0 Å². The van der Waals surface area contributed by atoms with E-state index in [2.05, 4.69) is 10.4 Å². The van der Waals surface area contributed by atoms with Crippen LogP contribution in [0, 0.1) is 0 Å². The van der Waals surface area contributed by atoms with Crippen LogP contribution in [0.2, 0.25) is 0 Å². The molecule has 1 aliphatic rings. The molecule has 0 bridgehead atoms. The molecule has 0 aliphatic heterocycles. The summed E-state index contributed by atoms with van der Waals surface area (Å²) in [5, 5.41) is 12.7. The lowest BCUT2D eigenvalue weighted by Crippen LogP contribution is -2.23. The molecule has 1 aliphatic carbocycles. The van der Waals surface area contributed by atoms with Crippen LogP contribution in [0.4, 0.5) is 0 Å². The molecule has 1 saturated carbocycles. The quantitative estimate of drug-likeness (QED) is 0.798. The van der Waals surface area contributed by atoms with Crippen molar-refractivity contribution in [3.8, 4) is 0 Å². The van der Waals surface area contributed by atoms with E-state index in [9.17, 15) is 8.42 Å². The summed E-state index contributed by atoms with van der Waals surface area (Å²) in [6.07, 6.45) is 3.89. The van der Waals surface area contributed by atoms with E-state index in [0.717, 1.165) is 12.8 Å². The van der Waals surface area contributed by atoms with Crippen molar-refractivity contribution in [3.63, 3.8) is 0 Å². The Bertz CT molecular complexity index is 502. The van der Waals surface area contributed by atoms with Crippen molar-refractivity contribution >= 4 is 10.0 Å². The van der Waals surface area contributed by atoms with Crippen LogP contribution < -0.4 is 10.5 Å². The first-order valence-electron chi connectivity index (χ1n) is 5.72. The summed E-state index contributed by atoms with van der Waals surface area (Å²) >= 11 is 0. The van der Waals surface area contributed by atoms with Gasteiger partial charge in [0.2, 0.25) is 0 Å². The van der Waals surface area contributed by atoms with Crippen molar-refractivity contribution in [1.29, 1.82) is 0 Å². The Hall–Kier alpha value is -0.920. The van der Waals surface area contributed by atoms with Gasteiger partial charge in [0.1, 0.15) is 0 Å². The zero-order valence-corrected chi connectivity index (χ0v) is 10.9. The monoisotopic (exact) mass is 258 g/mol. The third-order valence-corrected chi connectivity index (χ3v) is 3.73. The van der Waals surface area contributed by atoms with Gasteiger partial charge in [-0.25, -0.2) is 13.6 Å². The standard InChI is InChI=1S/C10H18N4O2S/c1-7(2)14-10(17(11,15)16)8(6-13-14)5-12-9-3-4-9/h6-7,9,12H,3-5H2,1-2H3,(H2,11,15,16). The van der Waals surface area contributed by atoms with E-state index < -0.39 is 10.0 Å². The van der Waals surface area contributed by atoms with Crippen molar-refractivity contribution in [1.82, 2.24) is 15.1 Å². The zero-order chi connectivity index (χ0) is 12.6. The Balaban J connectivity index is 2.30. The van der Waals surface area contributed by atoms with Crippen LogP contribution in [-0.2, 0) is 16.6 Å². The van der Waals surface area contributed by atoms with Crippen molar-refractivity contribution in [2.75, 3.05) is 0 Å². The fraction of sp³-hybridized carbons (Fsp3) is 0.700. The predicted octanol–water partition coefficient (Wildman–Crippen LogP) is 0.363. The zero-order valence-electron chi connectivity index (χ0n) is 10.0. The molecule has 0 spiro atoms. The van der Waals surface area contributed by atoms with Gasteiger partial charge in [0.25, 0.3) is 10.0 Å². The van der Waals surface area contributed by atoms with E-state index in [0.29, 0.717) is 18.2 Å². The smallest absolute Gasteiger partial charge is 0.255 e. The van der Waals surface area contributed by atoms with Gasteiger partial charge in [-0.15, -0.1) is 0 Å². The number of hydrogen-bond acceptors (Lipinski definition) is 4. The maximum absolute atomic E-state index is 11.6. The fourth-order valence-electron chi connectivity index (χ4n) is 1.73. The summed E-state index contributed by atoms with van der Waals surface area (Å²) in [6, 6.07) is 0.490. The van der Waals surface area contributed by atoms with Crippen LogP contribution in [0.3, 0.4) is 0 Å². The van der Waals surface area contributed by atoms with Crippen LogP contribution in [0.1, 0.15) is 38.3 Å². The average Bonchev–Trinajstić information content (AvgIpc) is 2.91. The van der Waals surface area contributed by atoms with Crippen LogP contribution >= 0.6 is 0 Å². The molecule has 7 heteroatoms. The van der Waals surface area contributed by atoms with Gasteiger partial charge >= 0.3 is 0 Å². The number of sulfonamides is 1. The first kappa shape index (κ1) is 12.5. The van der Waals surface area contributed by atoms with Gasteiger partial charge in [-0.05, 0) is 26.7 Å². The minimum Gasteiger partial charge on any atom is -0.310 e. The Morgan fingerprint density at radius 2 is 2.24 bits per heavy atom. The number of primary sulfonamides is 1. The fourth-order valence-corrected chi connectivity index (χ4v) is 2.74. The molecule has 17 heavy (non-hydrogen) atoms. The van der Waals surface area contributed by atoms with Crippen molar-refractivity contribution in [2.45, 2.75) is 50.3 Å². The SMILES string of the molecule is CC(C)n1ncc(CNC2CC2)c1S(N)(=O)=O. The number of nitrogens with one attached hydrogen (secondary N) is 1. The lowest BCUT2D eigenvalue weighted by atomic mass is 10.3. The van der Waals surface area contributed by atoms with Gasteiger partial charge in [0.05, 0.1) is 6.20 Å². The van der Waals surface area contributed by atoms with Crippen molar-refractivity contribution < 1.29 is 8.42 Å². The summed E-state index contributed by atoms with van der Waals surface area (Å²) in [4.78, 5) is 0. The van der Waals surface area contributed by atoms with Gasteiger partial charge in [0.15, 0.2) is 5.03 Å². The van der Waals surface area contributed by atoms with E-state index in [1.807, 2.05) is 13.8 Å². The van der Waals surface area contributed by atoms with Crippen LogP contribution in [0.5, 0.6) is 0 Å². The summed E-state index contributed by atoms with van der Waals surface area (Å²) in [6.45, 7) is 4.25. The second-order valence-electron chi connectivity index (χ2n) is 4.71. The van der Waals surface area contributed by atoms with Crippen LogP contribution in [-0.4, -0.2) is 24.2 Å². The summed E-state index contributed by atoms with van der Waals surface area (Å²) in [5.74, 6) is 0. The first-order chi connectivity index (χ1) is 7.89. The van der Waals surface area contributed by atoms with E-state index in [4.69, 9.17) is 5.14 Å². The van der Waals surface area contributed by atoms with E-state index in [1.165, 1.54) is 4.68 Å². The second kappa shape index (κ2) is 4.40. The van der Waals surface area contributed by atoms with E-state index in [1.54, 1.807) is 6.20 Å². The summed E-state index contributed by atoms with van der Waals surface area (Å²) < 4.78 is 24.6. The number of rotatable bonds is 5. The topological polar surface area (TPSA) is 90.0 Å². The predicted molar refractivity (Wildman–Crippen MR) is 63.8 cm³/mol. The Labute approximate surface area is 101 Å². The molecule has 3 N–H and O–H groups in total. The van der Waals surface area contributed by atoms with E-state index in [-0.39, 0.29) is 11.1 Å².